The Kier molecular flexibility index (Phi) is 11.3. The van der Waals surface area contributed by atoms with E-state index in [4.69, 9.17) is 18.9 Å². The molecule has 0 aromatic rings. The van der Waals surface area contributed by atoms with Gasteiger partial charge in [-0.05, 0) is 74.7 Å². The van der Waals surface area contributed by atoms with Gasteiger partial charge >= 0.3 is 5.97 Å². The molecular weight excluding hydrogens is 536 g/mol. The minimum absolute atomic E-state index is 0.0331. The normalized spacial score (nSPS) is 36.0. The summed E-state index contributed by atoms with van der Waals surface area (Å²) in [5.41, 5.74) is 0.552. The first kappa shape index (κ1) is 32.6. The lowest BCUT2D eigenvalue weighted by atomic mass is 9.65. The molecule has 10 atom stereocenters. The van der Waals surface area contributed by atoms with Crippen molar-refractivity contribution in [2.75, 3.05) is 13.7 Å². The van der Waals surface area contributed by atoms with E-state index in [-0.39, 0.29) is 72.1 Å². The number of ether oxygens (including phenoxy) is 4. The Morgan fingerprint density at radius 3 is 2.52 bits per heavy atom. The van der Waals surface area contributed by atoms with E-state index in [1.807, 2.05) is 13.8 Å². The number of Topliss-reactive ketones (excluding diaryl/α,β-unsaturated/α-hetero) is 1. The molecule has 1 saturated carbocycles. The van der Waals surface area contributed by atoms with E-state index in [9.17, 15) is 19.8 Å². The van der Waals surface area contributed by atoms with Gasteiger partial charge in [-0.25, -0.2) is 4.79 Å². The van der Waals surface area contributed by atoms with Gasteiger partial charge in [0.15, 0.2) is 17.3 Å². The Bertz CT molecular complexity index is 1090. The van der Waals surface area contributed by atoms with Crippen molar-refractivity contribution in [2.24, 2.45) is 29.6 Å². The molecule has 234 valence electrons. The summed E-state index contributed by atoms with van der Waals surface area (Å²) in [7, 11) is 1.72. The average Bonchev–Trinajstić information content (AvgIpc) is 3.54. The Morgan fingerprint density at radius 1 is 1.10 bits per heavy atom. The van der Waals surface area contributed by atoms with Crippen molar-refractivity contribution in [3.8, 4) is 0 Å². The molecule has 42 heavy (non-hydrogen) atoms. The molecule has 4 rings (SSSR count). The van der Waals surface area contributed by atoms with Gasteiger partial charge in [0.2, 0.25) is 0 Å². The number of carbonyl (C=O) groups is 2. The van der Waals surface area contributed by atoms with Crippen LogP contribution in [0.3, 0.4) is 0 Å². The molecule has 0 radical (unpaired) electrons. The van der Waals surface area contributed by atoms with Gasteiger partial charge in [-0.3, -0.25) is 4.79 Å². The number of cyclic esters (lactones) is 1. The lowest BCUT2D eigenvalue weighted by Gasteiger charge is -2.40. The quantitative estimate of drug-likeness (QED) is 0.179. The third-order valence-electron chi connectivity index (χ3n) is 10.0. The molecule has 0 aromatic heterocycles. The van der Waals surface area contributed by atoms with Crippen LogP contribution in [0, 0.1) is 29.6 Å². The predicted octanol–water partition coefficient (Wildman–Crippen LogP) is 5.76. The molecule has 0 bridgehead atoms. The monoisotopic (exact) mass is 586 g/mol. The van der Waals surface area contributed by atoms with Crippen LogP contribution in [0.1, 0.15) is 79.1 Å². The molecule has 8 nitrogen and oxygen atoms in total. The summed E-state index contributed by atoms with van der Waals surface area (Å²) in [5.74, 6) is -1.95. The third kappa shape index (κ3) is 7.26. The molecule has 0 amide bonds. The SMILES string of the molecule is C=C1OC(=O)C(C(=O)[C@H](C)[C@H]2[C@H](/C=C(\CO)[C@H]3O[C@@H](/C=C/C[C@@H]4CC[C@@H]([C@H](C)OC)O4)CC[C@@H]3C)CCC[C@@H]2C)=C1O. The highest BCUT2D eigenvalue weighted by Gasteiger charge is 2.43. The second kappa shape index (κ2) is 14.5. The summed E-state index contributed by atoms with van der Waals surface area (Å²) >= 11 is 0. The number of rotatable bonds is 11. The number of methoxy groups -OCH3 is 1. The molecule has 3 aliphatic heterocycles. The van der Waals surface area contributed by atoms with Crippen LogP contribution in [-0.4, -0.2) is 66.2 Å². The summed E-state index contributed by atoms with van der Waals surface area (Å²) < 4.78 is 23.1. The highest BCUT2D eigenvalue weighted by Crippen LogP contribution is 2.43. The topological polar surface area (TPSA) is 112 Å². The fraction of sp³-hybridized carbons (Fsp3) is 0.706. The van der Waals surface area contributed by atoms with Crippen LogP contribution >= 0.6 is 0 Å². The summed E-state index contributed by atoms with van der Waals surface area (Å²) in [4.78, 5) is 25.7. The van der Waals surface area contributed by atoms with Crippen molar-refractivity contribution < 1.29 is 38.7 Å². The van der Waals surface area contributed by atoms with Gasteiger partial charge in [0.05, 0.1) is 37.1 Å². The lowest BCUT2D eigenvalue weighted by Crippen LogP contribution is -2.38. The zero-order valence-corrected chi connectivity index (χ0v) is 25.9. The molecule has 2 saturated heterocycles. The van der Waals surface area contributed by atoms with Crippen molar-refractivity contribution in [1.82, 2.24) is 0 Å². The highest BCUT2D eigenvalue weighted by molar-refractivity contribution is 6.20. The third-order valence-corrected chi connectivity index (χ3v) is 10.0. The number of carbonyl (C=O) groups excluding carboxylic acids is 2. The van der Waals surface area contributed by atoms with Crippen LogP contribution in [0.2, 0.25) is 0 Å². The predicted molar refractivity (Wildman–Crippen MR) is 159 cm³/mol. The van der Waals surface area contributed by atoms with E-state index in [1.165, 1.54) is 0 Å². The molecule has 2 N–H and O–H groups in total. The second-order valence-corrected chi connectivity index (χ2v) is 12.9. The van der Waals surface area contributed by atoms with Crippen molar-refractivity contribution in [2.45, 2.75) is 110 Å². The van der Waals surface area contributed by atoms with Crippen molar-refractivity contribution in [1.29, 1.82) is 0 Å². The van der Waals surface area contributed by atoms with E-state index >= 15 is 0 Å². The maximum atomic E-state index is 13.4. The fourth-order valence-corrected chi connectivity index (χ4v) is 7.47. The number of allylic oxidation sites excluding steroid dienone is 1. The first-order valence-electron chi connectivity index (χ1n) is 15.8. The zero-order valence-electron chi connectivity index (χ0n) is 25.9. The number of aliphatic hydroxyl groups excluding tert-OH is 2. The van der Waals surface area contributed by atoms with E-state index in [1.54, 1.807) is 7.11 Å². The number of hydrogen-bond donors (Lipinski definition) is 2. The Hall–Kier alpha value is -2.26. The van der Waals surface area contributed by atoms with Gasteiger partial charge in [-0.1, -0.05) is 58.4 Å². The second-order valence-electron chi connectivity index (χ2n) is 12.9. The fourth-order valence-electron chi connectivity index (χ4n) is 7.47. The van der Waals surface area contributed by atoms with Crippen molar-refractivity contribution >= 4 is 11.8 Å². The van der Waals surface area contributed by atoms with Crippen LogP contribution in [0.15, 0.2) is 47.5 Å². The molecule has 3 heterocycles. The van der Waals surface area contributed by atoms with E-state index in [0.717, 1.165) is 56.9 Å². The number of hydrogen-bond acceptors (Lipinski definition) is 8. The van der Waals surface area contributed by atoms with Crippen molar-refractivity contribution in [3.63, 3.8) is 0 Å². The largest absolute Gasteiger partial charge is 0.504 e. The standard InChI is InChI=1S/C34H50O8/c1-19-9-7-10-24(29(19)21(3)31(36)30-32(37)23(5)40-34(30)38)17-25(18-35)33-20(2)13-14-27(42-33)12-8-11-26-15-16-28(41-26)22(4)39-6/h8,12,17,19-22,24,26-29,33,35,37H,5,7,9-11,13-16,18H2,1-4,6H3/b12-8+,25-17+/t19-,20-,21+,22-,24-,26+,27-,28-,29-,33-/m0/s1. The summed E-state index contributed by atoms with van der Waals surface area (Å²) in [6, 6.07) is 0. The highest BCUT2D eigenvalue weighted by atomic mass is 16.6. The minimum atomic E-state index is -0.840. The summed E-state index contributed by atoms with van der Waals surface area (Å²) in [6.07, 6.45) is 14.3. The van der Waals surface area contributed by atoms with Crippen LogP contribution < -0.4 is 0 Å². The number of aliphatic hydroxyl groups is 2. The lowest BCUT2D eigenvalue weighted by molar-refractivity contribution is -0.136. The molecule has 0 spiro atoms. The van der Waals surface area contributed by atoms with Crippen LogP contribution in [0.4, 0.5) is 0 Å². The molecule has 0 unspecified atom stereocenters. The smallest absolute Gasteiger partial charge is 0.351 e. The average molecular weight is 587 g/mol. The van der Waals surface area contributed by atoms with Gasteiger partial charge in [0.25, 0.3) is 0 Å². The van der Waals surface area contributed by atoms with Gasteiger partial charge < -0.3 is 29.2 Å². The first-order chi connectivity index (χ1) is 20.0. The minimum Gasteiger partial charge on any atom is -0.504 e. The first-order valence-corrected chi connectivity index (χ1v) is 15.8. The van der Waals surface area contributed by atoms with Gasteiger partial charge in [-0.2, -0.15) is 0 Å². The molecular formula is C34H50O8. The van der Waals surface area contributed by atoms with Gasteiger partial charge in [0.1, 0.15) is 5.57 Å². The summed E-state index contributed by atoms with van der Waals surface area (Å²) in [5, 5.41) is 20.8. The summed E-state index contributed by atoms with van der Waals surface area (Å²) in [6.45, 7) is 11.6. The maximum absolute atomic E-state index is 13.4. The Morgan fingerprint density at radius 2 is 1.86 bits per heavy atom. The van der Waals surface area contributed by atoms with Gasteiger partial charge in [-0.15, -0.1) is 0 Å². The molecule has 3 fully saturated rings. The zero-order chi connectivity index (χ0) is 30.6. The Balaban J connectivity index is 1.44. The van der Waals surface area contributed by atoms with Crippen LogP contribution in [0.25, 0.3) is 0 Å². The number of esters is 1. The van der Waals surface area contributed by atoms with Crippen LogP contribution in [0.5, 0.6) is 0 Å². The van der Waals surface area contributed by atoms with Crippen LogP contribution in [-0.2, 0) is 28.5 Å². The maximum Gasteiger partial charge on any atom is 0.351 e. The van der Waals surface area contributed by atoms with E-state index in [2.05, 4.69) is 38.7 Å². The molecule has 4 aliphatic rings. The Labute approximate surface area is 250 Å². The van der Waals surface area contributed by atoms with Crippen molar-refractivity contribution in [3.05, 3.63) is 47.5 Å². The number of ketones is 1. The molecule has 8 heteroatoms. The van der Waals surface area contributed by atoms with E-state index in [0.29, 0.717) is 0 Å². The molecule has 0 aromatic carbocycles. The van der Waals surface area contributed by atoms with Gasteiger partial charge in [0, 0.05) is 13.0 Å². The molecule has 1 aliphatic carbocycles. The van der Waals surface area contributed by atoms with E-state index < -0.39 is 23.4 Å².